The lowest BCUT2D eigenvalue weighted by atomic mass is 10.2. The van der Waals surface area contributed by atoms with Gasteiger partial charge in [-0.15, -0.1) is 11.3 Å². The molecular weight excluding hydrogens is 236 g/mol. The van der Waals surface area contributed by atoms with Crippen LogP contribution >= 0.6 is 11.3 Å². The first-order valence-corrected chi connectivity index (χ1v) is 6.08. The van der Waals surface area contributed by atoms with Gasteiger partial charge in [0.05, 0.1) is 17.2 Å². The Hall–Kier alpha value is -1.72. The molecule has 0 aliphatic heterocycles. The second-order valence-corrected chi connectivity index (χ2v) is 4.33. The zero-order chi connectivity index (χ0) is 12.1. The summed E-state index contributed by atoms with van der Waals surface area (Å²) in [7, 11) is 0. The third-order valence-corrected chi connectivity index (χ3v) is 3.09. The molecule has 2 heterocycles. The Morgan fingerprint density at radius 2 is 2.35 bits per heavy atom. The summed E-state index contributed by atoms with van der Waals surface area (Å²) in [6.07, 6.45) is 1.61. The van der Waals surface area contributed by atoms with Crippen molar-refractivity contribution in [2.24, 2.45) is 0 Å². The molecule has 0 atom stereocenters. The van der Waals surface area contributed by atoms with Crippen LogP contribution in [0, 0.1) is 0 Å². The Balaban J connectivity index is 2.20. The van der Waals surface area contributed by atoms with Crippen molar-refractivity contribution in [2.45, 2.75) is 0 Å². The van der Waals surface area contributed by atoms with Crippen LogP contribution in [-0.4, -0.2) is 29.1 Å². The number of nitrogens with zero attached hydrogens (tertiary/aromatic N) is 1. The Morgan fingerprint density at radius 3 is 3.06 bits per heavy atom. The van der Waals surface area contributed by atoms with Crippen LogP contribution < -0.4 is 5.32 Å². The third-order valence-electron chi connectivity index (χ3n) is 2.19. The lowest BCUT2D eigenvalue weighted by Gasteiger charge is -2.04. The quantitative estimate of drug-likeness (QED) is 0.862. The fourth-order valence-corrected chi connectivity index (χ4v) is 2.10. The minimum Gasteiger partial charge on any atom is -0.395 e. The number of rotatable bonds is 4. The van der Waals surface area contributed by atoms with E-state index in [-0.39, 0.29) is 19.1 Å². The number of aliphatic hydroxyl groups is 1. The van der Waals surface area contributed by atoms with E-state index in [0.717, 1.165) is 10.6 Å². The molecular formula is C12H12N2O2S. The van der Waals surface area contributed by atoms with E-state index in [0.29, 0.717) is 5.56 Å². The molecule has 0 aliphatic rings. The van der Waals surface area contributed by atoms with Crippen LogP contribution in [0.15, 0.2) is 35.8 Å². The molecule has 0 radical (unpaired) electrons. The van der Waals surface area contributed by atoms with E-state index in [1.54, 1.807) is 29.7 Å². The predicted molar refractivity (Wildman–Crippen MR) is 67.0 cm³/mol. The number of hydrogen-bond donors (Lipinski definition) is 2. The number of pyridine rings is 1. The number of aliphatic hydroxyl groups excluding tert-OH is 1. The summed E-state index contributed by atoms with van der Waals surface area (Å²) in [5.41, 5.74) is 1.34. The van der Waals surface area contributed by atoms with E-state index < -0.39 is 0 Å². The van der Waals surface area contributed by atoms with E-state index in [1.165, 1.54) is 0 Å². The minimum atomic E-state index is -0.195. The number of amides is 1. The van der Waals surface area contributed by atoms with Crippen molar-refractivity contribution in [1.29, 1.82) is 0 Å². The molecule has 0 fully saturated rings. The molecule has 2 N–H and O–H groups in total. The van der Waals surface area contributed by atoms with Gasteiger partial charge in [0.2, 0.25) is 0 Å². The van der Waals surface area contributed by atoms with Crippen LogP contribution in [0.3, 0.4) is 0 Å². The molecule has 0 saturated heterocycles. The van der Waals surface area contributed by atoms with Gasteiger partial charge in [-0.2, -0.15) is 0 Å². The van der Waals surface area contributed by atoms with Gasteiger partial charge in [0.25, 0.3) is 5.91 Å². The summed E-state index contributed by atoms with van der Waals surface area (Å²) < 4.78 is 0. The van der Waals surface area contributed by atoms with Crippen molar-refractivity contribution in [1.82, 2.24) is 10.3 Å². The standard InChI is InChI=1S/C12H12N2O2S/c15-6-5-14-12(16)9-3-4-13-10(8-9)11-2-1-7-17-11/h1-4,7-8,15H,5-6H2,(H,14,16). The molecule has 1 amide bonds. The molecule has 0 saturated carbocycles. The first-order chi connectivity index (χ1) is 8.31. The molecule has 2 rings (SSSR count). The summed E-state index contributed by atoms with van der Waals surface area (Å²) in [4.78, 5) is 16.9. The fourth-order valence-electron chi connectivity index (χ4n) is 1.40. The topological polar surface area (TPSA) is 62.2 Å². The second kappa shape index (κ2) is 5.56. The Labute approximate surface area is 103 Å². The van der Waals surface area contributed by atoms with E-state index in [9.17, 15) is 4.79 Å². The summed E-state index contributed by atoms with van der Waals surface area (Å²) >= 11 is 1.58. The first kappa shape index (κ1) is 11.8. The van der Waals surface area contributed by atoms with E-state index in [1.807, 2.05) is 17.5 Å². The summed E-state index contributed by atoms with van der Waals surface area (Å²) in [6, 6.07) is 7.31. The lowest BCUT2D eigenvalue weighted by molar-refractivity contribution is 0.0944. The van der Waals surface area contributed by atoms with Crippen molar-refractivity contribution >= 4 is 17.2 Å². The number of carbonyl (C=O) groups excluding carboxylic acids is 1. The largest absolute Gasteiger partial charge is 0.395 e. The summed E-state index contributed by atoms with van der Waals surface area (Å²) in [6.45, 7) is 0.199. The fraction of sp³-hybridized carbons (Fsp3) is 0.167. The van der Waals surface area contributed by atoms with Gasteiger partial charge in [-0.05, 0) is 23.6 Å². The highest BCUT2D eigenvalue weighted by Crippen LogP contribution is 2.22. The highest BCUT2D eigenvalue weighted by atomic mass is 32.1. The summed E-state index contributed by atoms with van der Waals surface area (Å²) in [5, 5.41) is 13.2. The van der Waals surface area contributed by atoms with Gasteiger partial charge >= 0.3 is 0 Å². The van der Waals surface area contributed by atoms with Crippen molar-refractivity contribution in [3.05, 3.63) is 41.4 Å². The molecule has 88 valence electrons. The van der Waals surface area contributed by atoms with Crippen LogP contribution in [0.4, 0.5) is 0 Å². The maximum Gasteiger partial charge on any atom is 0.251 e. The normalized spacial score (nSPS) is 10.2. The Morgan fingerprint density at radius 1 is 1.47 bits per heavy atom. The second-order valence-electron chi connectivity index (χ2n) is 3.39. The number of thiophene rings is 1. The average molecular weight is 248 g/mol. The van der Waals surface area contributed by atoms with Crippen molar-refractivity contribution in [3.63, 3.8) is 0 Å². The predicted octanol–water partition coefficient (Wildman–Crippen LogP) is 1.53. The third kappa shape index (κ3) is 2.89. The molecule has 2 aromatic heterocycles. The van der Waals surface area contributed by atoms with Crippen LogP contribution in [0.1, 0.15) is 10.4 Å². The number of hydrogen-bond acceptors (Lipinski definition) is 4. The molecule has 0 aliphatic carbocycles. The van der Waals surface area contributed by atoms with Gasteiger partial charge in [-0.3, -0.25) is 9.78 Å². The molecule has 0 spiro atoms. The van der Waals surface area contributed by atoms with Crippen LogP contribution in [0.2, 0.25) is 0 Å². The van der Waals surface area contributed by atoms with Gasteiger partial charge in [-0.1, -0.05) is 6.07 Å². The highest BCUT2D eigenvalue weighted by Gasteiger charge is 2.07. The van der Waals surface area contributed by atoms with Crippen molar-refractivity contribution in [3.8, 4) is 10.6 Å². The zero-order valence-corrected chi connectivity index (χ0v) is 9.91. The van der Waals surface area contributed by atoms with Crippen LogP contribution in [0.25, 0.3) is 10.6 Å². The molecule has 0 unspecified atom stereocenters. The van der Waals surface area contributed by atoms with E-state index in [4.69, 9.17) is 5.11 Å². The zero-order valence-electron chi connectivity index (χ0n) is 9.09. The molecule has 5 heteroatoms. The molecule has 2 aromatic rings. The first-order valence-electron chi connectivity index (χ1n) is 5.20. The Bertz CT molecular complexity index is 497. The van der Waals surface area contributed by atoms with Gasteiger partial charge < -0.3 is 10.4 Å². The molecule has 0 bridgehead atoms. The molecule has 17 heavy (non-hydrogen) atoms. The SMILES string of the molecule is O=C(NCCO)c1ccnc(-c2cccs2)c1. The average Bonchev–Trinajstić information content (AvgIpc) is 2.90. The smallest absolute Gasteiger partial charge is 0.251 e. The lowest BCUT2D eigenvalue weighted by Crippen LogP contribution is -2.26. The maximum absolute atomic E-state index is 11.7. The monoisotopic (exact) mass is 248 g/mol. The van der Waals surface area contributed by atoms with Crippen molar-refractivity contribution < 1.29 is 9.90 Å². The van der Waals surface area contributed by atoms with Gasteiger partial charge in [-0.25, -0.2) is 0 Å². The number of nitrogens with one attached hydrogen (secondary N) is 1. The van der Waals surface area contributed by atoms with Crippen LogP contribution in [-0.2, 0) is 0 Å². The number of carbonyl (C=O) groups is 1. The van der Waals surface area contributed by atoms with Crippen LogP contribution in [0.5, 0.6) is 0 Å². The molecule has 0 aromatic carbocycles. The minimum absolute atomic E-state index is 0.0609. The van der Waals surface area contributed by atoms with Gasteiger partial charge in [0.15, 0.2) is 0 Å². The van der Waals surface area contributed by atoms with E-state index >= 15 is 0 Å². The summed E-state index contributed by atoms with van der Waals surface area (Å²) in [5.74, 6) is -0.195. The highest BCUT2D eigenvalue weighted by molar-refractivity contribution is 7.13. The van der Waals surface area contributed by atoms with E-state index in [2.05, 4.69) is 10.3 Å². The Kier molecular flexibility index (Phi) is 3.85. The van der Waals surface area contributed by atoms with Gasteiger partial charge in [0, 0.05) is 18.3 Å². The van der Waals surface area contributed by atoms with Crippen molar-refractivity contribution in [2.75, 3.05) is 13.2 Å². The molecule has 4 nitrogen and oxygen atoms in total. The maximum atomic E-state index is 11.7. The van der Waals surface area contributed by atoms with Gasteiger partial charge in [0.1, 0.15) is 0 Å². The number of aromatic nitrogens is 1.